The Bertz CT molecular complexity index is 1260. The molecule has 0 bridgehead atoms. The van der Waals surface area contributed by atoms with E-state index in [1.807, 2.05) is 6.92 Å². The number of amides is 1. The van der Waals surface area contributed by atoms with Crippen LogP contribution in [0.4, 0.5) is 0 Å². The highest BCUT2D eigenvalue weighted by Crippen LogP contribution is 2.28. The summed E-state index contributed by atoms with van der Waals surface area (Å²) in [6.45, 7) is 2.04. The van der Waals surface area contributed by atoms with Gasteiger partial charge in [-0.05, 0) is 30.7 Å². The van der Waals surface area contributed by atoms with Crippen LogP contribution in [0.2, 0.25) is 0 Å². The maximum atomic E-state index is 13.3. The number of hydrogen-bond acceptors (Lipinski definition) is 4. The first-order valence-corrected chi connectivity index (χ1v) is 11.0. The van der Waals surface area contributed by atoms with Crippen LogP contribution in [-0.2, 0) is 14.8 Å². The predicted molar refractivity (Wildman–Crippen MR) is 118 cm³/mol. The first kappa shape index (κ1) is 21.3. The smallest absolute Gasteiger partial charge is 0.269 e. The lowest BCUT2D eigenvalue weighted by Crippen LogP contribution is -2.18. The molecule has 1 aromatic carbocycles. The van der Waals surface area contributed by atoms with Gasteiger partial charge in [-0.2, -0.15) is 0 Å². The molecule has 0 aliphatic heterocycles. The molecule has 0 fully saturated rings. The summed E-state index contributed by atoms with van der Waals surface area (Å²) in [5.41, 5.74) is 1.51. The number of carbonyl (C=O) groups is 1. The highest BCUT2D eigenvalue weighted by Gasteiger charge is 2.22. The summed E-state index contributed by atoms with van der Waals surface area (Å²) in [5, 5.41) is 0.600. The first-order chi connectivity index (χ1) is 14.4. The summed E-state index contributed by atoms with van der Waals surface area (Å²) in [7, 11) is -0.561. The zero-order valence-electron chi connectivity index (χ0n) is 17.2. The van der Waals surface area contributed by atoms with Crippen LogP contribution < -0.4 is 0 Å². The molecular weight excluding hydrogens is 398 g/mol. The minimum absolute atomic E-state index is 0.158. The van der Waals surface area contributed by atoms with E-state index in [0.717, 1.165) is 16.8 Å². The van der Waals surface area contributed by atoms with Crippen molar-refractivity contribution in [2.45, 2.75) is 24.7 Å². The molecular formula is C23H23N3O3S. The van der Waals surface area contributed by atoms with Crippen molar-refractivity contribution in [1.29, 1.82) is 0 Å². The highest BCUT2D eigenvalue weighted by molar-refractivity contribution is 7.90. The molecule has 3 aromatic rings. The molecule has 154 valence electrons. The lowest BCUT2D eigenvalue weighted by atomic mass is 10.1. The number of hydrogen-bond donors (Lipinski definition) is 0. The molecule has 3 rings (SSSR count). The second-order valence-corrected chi connectivity index (χ2v) is 8.69. The highest BCUT2D eigenvalue weighted by atomic mass is 32.2. The monoisotopic (exact) mass is 421 g/mol. The summed E-state index contributed by atoms with van der Waals surface area (Å²) >= 11 is 0. The maximum Gasteiger partial charge on any atom is 0.269 e. The van der Waals surface area contributed by atoms with Crippen molar-refractivity contribution in [2.75, 3.05) is 14.1 Å². The van der Waals surface area contributed by atoms with Crippen molar-refractivity contribution < 1.29 is 13.2 Å². The van der Waals surface area contributed by atoms with Gasteiger partial charge < -0.3 is 4.90 Å². The fraction of sp³-hybridized carbons (Fsp3) is 0.217. The number of benzene rings is 1. The second kappa shape index (κ2) is 8.97. The summed E-state index contributed by atoms with van der Waals surface area (Å²) in [6, 6.07) is 9.94. The van der Waals surface area contributed by atoms with Gasteiger partial charge in [0.2, 0.25) is 5.91 Å². The number of aromatic nitrogens is 2. The largest absolute Gasteiger partial charge is 0.345 e. The molecule has 0 atom stereocenters. The average molecular weight is 422 g/mol. The Morgan fingerprint density at radius 2 is 1.93 bits per heavy atom. The Labute approximate surface area is 176 Å². The third-order valence-electron chi connectivity index (χ3n) is 4.43. The van der Waals surface area contributed by atoms with E-state index < -0.39 is 10.0 Å². The summed E-state index contributed by atoms with van der Waals surface area (Å²) < 4.78 is 27.7. The number of unbranched alkanes of at least 4 members (excludes halogenated alkanes) is 1. The number of fused-ring (bicyclic) bond motifs is 1. The van der Waals surface area contributed by atoms with Gasteiger partial charge in [-0.15, -0.1) is 0 Å². The lowest BCUT2D eigenvalue weighted by molar-refractivity contribution is -0.123. The fourth-order valence-corrected chi connectivity index (χ4v) is 4.21. The maximum absolute atomic E-state index is 13.3. The molecule has 0 unspecified atom stereocenters. The van der Waals surface area contributed by atoms with Crippen molar-refractivity contribution >= 4 is 33.0 Å². The molecule has 0 saturated carbocycles. The molecule has 7 heteroatoms. The first-order valence-electron chi connectivity index (χ1n) is 9.55. The molecule has 0 saturated heterocycles. The molecule has 0 spiro atoms. The zero-order chi connectivity index (χ0) is 21.7. The molecule has 2 aromatic heterocycles. The SMILES string of the molecule is CCCC#Cc1ccnc2c1c(C=CC(=O)N(C)C)cn2S(=O)(=O)c1ccccc1. The summed E-state index contributed by atoms with van der Waals surface area (Å²) in [6.07, 6.45) is 7.71. The van der Waals surface area contributed by atoms with Gasteiger partial charge in [0.25, 0.3) is 10.0 Å². The minimum atomic E-state index is -3.86. The quantitative estimate of drug-likeness (QED) is 0.467. The molecule has 0 radical (unpaired) electrons. The predicted octanol–water partition coefficient (Wildman–Crippen LogP) is 3.53. The van der Waals surface area contributed by atoms with Gasteiger partial charge in [-0.3, -0.25) is 4.79 Å². The van der Waals surface area contributed by atoms with Crippen LogP contribution in [0.1, 0.15) is 30.9 Å². The van der Waals surface area contributed by atoms with E-state index >= 15 is 0 Å². The van der Waals surface area contributed by atoms with Crippen LogP contribution in [0.5, 0.6) is 0 Å². The van der Waals surface area contributed by atoms with Gasteiger partial charge in [0.05, 0.1) is 4.90 Å². The number of likely N-dealkylation sites (N-methyl/N-ethyl adjacent to an activating group) is 1. The van der Waals surface area contributed by atoms with E-state index in [-0.39, 0.29) is 16.4 Å². The summed E-state index contributed by atoms with van der Waals surface area (Å²) in [5.74, 6) is 6.01. The third-order valence-corrected chi connectivity index (χ3v) is 6.09. The van der Waals surface area contributed by atoms with Gasteiger partial charge in [0.1, 0.15) is 0 Å². The molecule has 0 aliphatic carbocycles. The third kappa shape index (κ3) is 4.29. The second-order valence-electron chi connectivity index (χ2n) is 6.87. The van der Waals surface area contributed by atoms with E-state index in [0.29, 0.717) is 16.5 Å². The van der Waals surface area contributed by atoms with Crippen LogP contribution in [0.3, 0.4) is 0 Å². The Morgan fingerprint density at radius 3 is 2.60 bits per heavy atom. The Morgan fingerprint density at radius 1 is 1.20 bits per heavy atom. The van der Waals surface area contributed by atoms with Gasteiger partial charge in [0, 0.05) is 55.5 Å². The number of carbonyl (C=O) groups excluding carboxylic acids is 1. The van der Waals surface area contributed by atoms with Gasteiger partial charge >= 0.3 is 0 Å². The molecule has 2 heterocycles. The van der Waals surface area contributed by atoms with Crippen molar-refractivity contribution in [2.24, 2.45) is 0 Å². The zero-order valence-corrected chi connectivity index (χ0v) is 18.0. The van der Waals surface area contributed by atoms with E-state index in [9.17, 15) is 13.2 Å². The van der Waals surface area contributed by atoms with E-state index in [1.165, 1.54) is 29.3 Å². The van der Waals surface area contributed by atoms with Crippen LogP contribution in [-0.4, -0.2) is 42.3 Å². The van der Waals surface area contributed by atoms with Crippen molar-refractivity contribution in [3.63, 3.8) is 0 Å². The van der Waals surface area contributed by atoms with Crippen LogP contribution >= 0.6 is 0 Å². The van der Waals surface area contributed by atoms with Crippen molar-refractivity contribution in [3.05, 3.63) is 66.0 Å². The molecule has 30 heavy (non-hydrogen) atoms. The number of rotatable bonds is 5. The molecule has 0 N–H and O–H groups in total. The molecule has 0 aliphatic rings. The van der Waals surface area contributed by atoms with E-state index in [1.54, 1.807) is 50.6 Å². The van der Waals surface area contributed by atoms with E-state index in [2.05, 4.69) is 16.8 Å². The van der Waals surface area contributed by atoms with Gasteiger partial charge in [0.15, 0.2) is 5.65 Å². The van der Waals surface area contributed by atoms with Crippen molar-refractivity contribution in [3.8, 4) is 11.8 Å². The summed E-state index contributed by atoms with van der Waals surface area (Å²) in [4.78, 5) is 18.0. The van der Waals surface area contributed by atoms with Crippen molar-refractivity contribution in [1.82, 2.24) is 13.9 Å². The lowest BCUT2D eigenvalue weighted by Gasteiger charge is -2.06. The normalized spacial score (nSPS) is 11.4. The topological polar surface area (TPSA) is 72.3 Å². The Hall–Kier alpha value is -3.37. The number of nitrogens with zero attached hydrogens (tertiary/aromatic N) is 3. The van der Waals surface area contributed by atoms with Crippen LogP contribution in [0, 0.1) is 11.8 Å². The van der Waals surface area contributed by atoms with Gasteiger partial charge in [-0.1, -0.05) is 37.0 Å². The fourth-order valence-electron chi connectivity index (χ4n) is 2.87. The minimum Gasteiger partial charge on any atom is -0.345 e. The standard InChI is InChI=1S/C23H23N3O3S/c1-4-5-7-10-18-15-16-24-23-22(18)19(13-14-21(27)25(2)3)17-26(23)30(28,29)20-11-8-6-9-12-20/h6,8-9,11-17H,4-5H2,1-3H3. The van der Waals surface area contributed by atoms with Crippen LogP contribution in [0.25, 0.3) is 17.1 Å². The molecule has 6 nitrogen and oxygen atoms in total. The number of pyridine rings is 1. The van der Waals surface area contributed by atoms with E-state index in [4.69, 9.17) is 0 Å². The Balaban J connectivity index is 2.27. The average Bonchev–Trinajstić information content (AvgIpc) is 3.13. The van der Waals surface area contributed by atoms with Gasteiger partial charge in [-0.25, -0.2) is 17.4 Å². The van der Waals surface area contributed by atoms with Crippen LogP contribution in [0.15, 0.2) is 59.8 Å². The molecule has 1 amide bonds. The Kier molecular flexibility index (Phi) is 6.38.